The van der Waals surface area contributed by atoms with Crippen LogP contribution in [0.1, 0.15) is 36.1 Å². The van der Waals surface area contributed by atoms with Crippen LogP contribution in [0.3, 0.4) is 0 Å². The van der Waals surface area contributed by atoms with Crippen molar-refractivity contribution in [3.05, 3.63) is 70.5 Å². The van der Waals surface area contributed by atoms with E-state index in [-0.39, 0.29) is 11.9 Å². The largest absolute Gasteiger partial charge is 0.289 e. The molecule has 1 nitrogen and oxygen atoms in total. The van der Waals surface area contributed by atoms with Crippen molar-refractivity contribution in [3.8, 4) is 0 Å². The van der Waals surface area contributed by atoms with Gasteiger partial charge in [-0.2, -0.15) is 0 Å². The van der Waals surface area contributed by atoms with Gasteiger partial charge in [-0.25, -0.2) is 4.39 Å². The van der Waals surface area contributed by atoms with Gasteiger partial charge in [-0.15, -0.1) is 0 Å². The molecule has 22 heavy (non-hydrogen) atoms. The Bertz CT molecular complexity index is 690. The molecular weight excluding hydrogens is 273 g/mol. The van der Waals surface area contributed by atoms with E-state index in [0.717, 1.165) is 24.8 Å². The Kier molecular flexibility index (Phi) is 4.37. The lowest BCUT2D eigenvalue weighted by molar-refractivity contribution is 0.443. The number of fused-ring (bicyclic) bond motifs is 1. The molecule has 2 unspecified atom stereocenters. The number of benzene rings is 2. The third-order valence-electron chi connectivity index (χ3n) is 4.62. The second-order valence-corrected chi connectivity index (χ2v) is 6.20. The van der Waals surface area contributed by atoms with Gasteiger partial charge in [-0.05, 0) is 72.6 Å². The minimum absolute atomic E-state index is 0.157. The quantitative estimate of drug-likeness (QED) is 0.784. The average Bonchev–Trinajstić information content (AvgIpc) is 2.67. The summed E-state index contributed by atoms with van der Waals surface area (Å²) in [5, 5.41) is 0. The second-order valence-electron chi connectivity index (χ2n) is 6.20. The minimum atomic E-state index is -0.157. The molecular formula is C20H22FN. The Morgan fingerprint density at radius 2 is 2.00 bits per heavy atom. The van der Waals surface area contributed by atoms with Gasteiger partial charge in [-0.1, -0.05) is 31.2 Å². The van der Waals surface area contributed by atoms with Gasteiger partial charge >= 0.3 is 0 Å². The molecule has 1 aliphatic heterocycles. The molecule has 2 aromatic rings. The maximum Gasteiger partial charge on any atom is 0.123 e. The van der Waals surface area contributed by atoms with Crippen LogP contribution in [-0.4, -0.2) is 12.3 Å². The molecule has 0 saturated carbocycles. The zero-order valence-electron chi connectivity index (χ0n) is 13.2. The zero-order chi connectivity index (χ0) is 15.5. The zero-order valence-corrected chi connectivity index (χ0v) is 13.2. The van der Waals surface area contributed by atoms with E-state index < -0.39 is 0 Å². The first-order valence-electron chi connectivity index (χ1n) is 8.05. The Balaban J connectivity index is 1.85. The molecule has 2 atom stereocenters. The summed E-state index contributed by atoms with van der Waals surface area (Å²) in [6.45, 7) is 4.33. The third kappa shape index (κ3) is 3.27. The number of hydrogen-bond acceptors (Lipinski definition) is 1. The summed E-state index contributed by atoms with van der Waals surface area (Å²) in [5.41, 5.74) is 5.00. The van der Waals surface area contributed by atoms with E-state index in [9.17, 15) is 4.39 Å². The summed E-state index contributed by atoms with van der Waals surface area (Å²) in [7, 11) is 0. The number of hydrogen-bond donors (Lipinski definition) is 0. The summed E-state index contributed by atoms with van der Waals surface area (Å²) in [6.07, 6.45) is 4.93. The molecule has 2 heteroatoms. The molecule has 0 saturated heterocycles. The lowest BCUT2D eigenvalue weighted by Gasteiger charge is -2.20. The lowest BCUT2D eigenvalue weighted by atomic mass is 9.87. The highest BCUT2D eigenvalue weighted by Crippen LogP contribution is 2.25. The first-order chi connectivity index (χ1) is 10.7. The van der Waals surface area contributed by atoms with Gasteiger partial charge in [0.1, 0.15) is 5.82 Å². The van der Waals surface area contributed by atoms with Crippen molar-refractivity contribution in [3.63, 3.8) is 0 Å². The lowest BCUT2D eigenvalue weighted by Crippen LogP contribution is -2.19. The fourth-order valence-electron chi connectivity index (χ4n) is 3.15. The summed E-state index contributed by atoms with van der Waals surface area (Å²) in [5.74, 6) is 0.252. The van der Waals surface area contributed by atoms with Crippen molar-refractivity contribution in [2.45, 2.75) is 39.2 Å². The Labute approximate surface area is 131 Å². The highest BCUT2D eigenvalue weighted by molar-refractivity contribution is 5.82. The predicted octanol–water partition coefficient (Wildman–Crippen LogP) is 4.61. The van der Waals surface area contributed by atoms with Crippen molar-refractivity contribution in [1.29, 1.82) is 0 Å². The molecule has 0 aliphatic carbocycles. The van der Waals surface area contributed by atoms with E-state index >= 15 is 0 Å². The topological polar surface area (TPSA) is 12.4 Å². The fraction of sp³-hybridized carbons (Fsp3) is 0.350. The third-order valence-corrected chi connectivity index (χ3v) is 4.62. The molecule has 0 amide bonds. The van der Waals surface area contributed by atoms with Gasteiger partial charge in [-0.3, -0.25) is 4.99 Å². The van der Waals surface area contributed by atoms with Crippen molar-refractivity contribution in [2.24, 2.45) is 10.9 Å². The summed E-state index contributed by atoms with van der Waals surface area (Å²) >= 11 is 0. The average molecular weight is 295 g/mol. The van der Waals surface area contributed by atoms with E-state index in [1.807, 2.05) is 12.3 Å². The molecule has 0 fully saturated rings. The summed E-state index contributed by atoms with van der Waals surface area (Å²) < 4.78 is 13.4. The molecule has 0 aromatic heterocycles. The predicted molar refractivity (Wildman–Crippen MR) is 90.2 cm³/mol. The van der Waals surface area contributed by atoms with E-state index in [1.165, 1.54) is 22.8 Å². The fourth-order valence-corrected chi connectivity index (χ4v) is 3.15. The van der Waals surface area contributed by atoms with Crippen LogP contribution in [0.15, 0.2) is 47.5 Å². The van der Waals surface area contributed by atoms with Crippen molar-refractivity contribution >= 4 is 6.21 Å². The van der Waals surface area contributed by atoms with E-state index in [1.54, 1.807) is 12.1 Å². The Morgan fingerprint density at radius 1 is 1.14 bits per heavy atom. The monoisotopic (exact) mass is 295 g/mol. The van der Waals surface area contributed by atoms with E-state index in [0.29, 0.717) is 5.92 Å². The molecule has 0 spiro atoms. The van der Waals surface area contributed by atoms with Gasteiger partial charge in [0.2, 0.25) is 0 Å². The maximum absolute atomic E-state index is 13.4. The van der Waals surface area contributed by atoms with E-state index in [4.69, 9.17) is 4.99 Å². The maximum atomic E-state index is 13.4. The van der Waals surface area contributed by atoms with Crippen LogP contribution in [0.25, 0.3) is 0 Å². The highest BCUT2D eigenvalue weighted by Gasteiger charge is 2.21. The molecule has 1 heterocycles. The highest BCUT2D eigenvalue weighted by atomic mass is 19.1. The van der Waals surface area contributed by atoms with Crippen LogP contribution in [0.2, 0.25) is 0 Å². The summed E-state index contributed by atoms with van der Waals surface area (Å²) in [6, 6.07) is 13.9. The minimum Gasteiger partial charge on any atom is -0.289 e. The number of halogens is 1. The van der Waals surface area contributed by atoms with Crippen LogP contribution in [-0.2, 0) is 19.3 Å². The van der Waals surface area contributed by atoms with Crippen LogP contribution in [0.5, 0.6) is 0 Å². The van der Waals surface area contributed by atoms with Crippen molar-refractivity contribution in [2.75, 3.05) is 0 Å². The molecule has 1 aliphatic rings. The van der Waals surface area contributed by atoms with Crippen molar-refractivity contribution < 1.29 is 4.39 Å². The number of aryl methyl sites for hydroxylation is 1. The number of aliphatic imine (C=N–C) groups is 1. The van der Waals surface area contributed by atoms with Gasteiger partial charge < -0.3 is 0 Å². The second kappa shape index (κ2) is 6.43. The van der Waals surface area contributed by atoms with Crippen LogP contribution >= 0.6 is 0 Å². The molecule has 3 rings (SSSR count). The first kappa shape index (κ1) is 15.0. The Morgan fingerprint density at radius 3 is 2.77 bits per heavy atom. The van der Waals surface area contributed by atoms with Gasteiger partial charge in [0, 0.05) is 6.21 Å². The van der Waals surface area contributed by atoms with Crippen LogP contribution in [0.4, 0.5) is 4.39 Å². The van der Waals surface area contributed by atoms with Crippen molar-refractivity contribution in [1.82, 2.24) is 0 Å². The number of rotatable bonds is 3. The van der Waals surface area contributed by atoms with E-state index in [2.05, 4.69) is 32.0 Å². The van der Waals surface area contributed by atoms with Gasteiger partial charge in [0.05, 0.1) is 6.04 Å². The molecule has 0 radical (unpaired) electrons. The standard InChI is InChI=1S/C20H22FN/c1-3-15-7-8-17-12-18(14(2)22-13-19(17)9-15)10-16-5-4-6-20(21)11-16/h4-9,11,13-14,18H,3,10,12H2,1-2H3. The molecule has 114 valence electrons. The smallest absolute Gasteiger partial charge is 0.123 e. The van der Waals surface area contributed by atoms with Crippen LogP contribution < -0.4 is 0 Å². The molecule has 0 bridgehead atoms. The first-order valence-corrected chi connectivity index (χ1v) is 8.05. The van der Waals surface area contributed by atoms with Crippen LogP contribution in [0, 0.1) is 11.7 Å². The van der Waals surface area contributed by atoms with Gasteiger partial charge in [0.25, 0.3) is 0 Å². The number of nitrogens with zero attached hydrogens (tertiary/aromatic N) is 1. The van der Waals surface area contributed by atoms with Gasteiger partial charge in [0.15, 0.2) is 0 Å². The normalized spacial score (nSPS) is 20.5. The molecule has 2 aromatic carbocycles. The Hall–Kier alpha value is -1.96. The summed E-state index contributed by atoms with van der Waals surface area (Å²) in [4.78, 5) is 4.72. The SMILES string of the molecule is CCc1ccc2c(c1)C=NC(C)C(Cc1cccc(F)c1)C2. The molecule has 0 N–H and O–H groups in total.